The number of aliphatic hydroxyl groups is 1. The molecule has 5 N–H and O–H groups in total. The second-order valence-corrected chi connectivity index (χ2v) is 8.40. The van der Waals surface area contributed by atoms with E-state index in [0.717, 1.165) is 5.56 Å². The highest BCUT2D eigenvalue weighted by Crippen LogP contribution is 2.11. The van der Waals surface area contributed by atoms with Crippen molar-refractivity contribution in [2.45, 2.75) is 44.9 Å². The fraction of sp³-hybridized carbons (Fsp3) is 0.500. The van der Waals surface area contributed by atoms with Crippen LogP contribution in [-0.4, -0.2) is 60.0 Å². The van der Waals surface area contributed by atoms with Gasteiger partial charge in [0.05, 0.1) is 6.04 Å². The van der Waals surface area contributed by atoms with Gasteiger partial charge in [0, 0.05) is 0 Å². The molecule has 1 aromatic rings. The van der Waals surface area contributed by atoms with E-state index in [4.69, 9.17) is 9.29 Å². The van der Waals surface area contributed by atoms with Gasteiger partial charge in [-0.3, -0.25) is 14.1 Å². The molecule has 0 heterocycles. The highest BCUT2D eigenvalue weighted by Gasteiger charge is 2.34. The van der Waals surface area contributed by atoms with Gasteiger partial charge in [0.1, 0.15) is 19.2 Å². The molecule has 0 aliphatic carbocycles. The first kappa shape index (κ1) is 25.3. The van der Waals surface area contributed by atoms with Gasteiger partial charge in [-0.15, -0.1) is 0 Å². The number of alkyl carbamates (subject to hydrolysis) is 1. The van der Waals surface area contributed by atoms with Crippen LogP contribution in [0.25, 0.3) is 0 Å². The molecule has 0 saturated carbocycles. The molecule has 0 aliphatic rings. The van der Waals surface area contributed by atoms with Crippen molar-refractivity contribution in [2.24, 2.45) is 5.92 Å². The zero-order chi connectivity index (χ0) is 22.9. The zero-order valence-corrected chi connectivity index (χ0v) is 17.7. The molecule has 1 rings (SSSR count). The van der Waals surface area contributed by atoms with Crippen LogP contribution in [0.4, 0.5) is 4.79 Å². The molecular formula is C18H27N3O8S. The van der Waals surface area contributed by atoms with Crippen molar-refractivity contribution < 1.29 is 37.2 Å². The lowest BCUT2D eigenvalue weighted by Crippen LogP contribution is -2.55. The second kappa shape index (κ2) is 11.5. The number of aliphatic hydroxyl groups excluding tert-OH is 1. The van der Waals surface area contributed by atoms with Crippen molar-refractivity contribution in [2.75, 3.05) is 6.54 Å². The number of benzene rings is 1. The summed E-state index contributed by atoms with van der Waals surface area (Å²) in [4.78, 5) is 35.7. The minimum atomic E-state index is -4.79. The fourth-order valence-corrected chi connectivity index (χ4v) is 3.08. The van der Waals surface area contributed by atoms with Crippen molar-refractivity contribution in [3.05, 3.63) is 35.9 Å². The number of rotatable bonds is 10. The van der Waals surface area contributed by atoms with E-state index in [9.17, 15) is 27.9 Å². The van der Waals surface area contributed by atoms with Crippen molar-refractivity contribution in [3.63, 3.8) is 0 Å². The maximum Gasteiger partial charge on any atom is 0.407 e. The quantitative estimate of drug-likeness (QED) is 0.307. The smallest absolute Gasteiger partial charge is 0.407 e. The summed E-state index contributed by atoms with van der Waals surface area (Å²) in [6, 6.07) is 6.53. The molecule has 30 heavy (non-hydrogen) atoms. The Kier molecular flexibility index (Phi) is 9.69. The molecule has 0 radical (unpaired) electrons. The highest BCUT2D eigenvalue weighted by atomic mass is 32.2. The molecule has 0 saturated heterocycles. The number of hydrogen-bond donors (Lipinski definition) is 5. The van der Waals surface area contributed by atoms with E-state index in [2.05, 4.69) is 16.0 Å². The Labute approximate surface area is 174 Å². The summed E-state index contributed by atoms with van der Waals surface area (Å²) < 4.78 is 36.2. The van der Waals surface area contributed by atoms with Crippen LogP contribution in [0.3, 0.4) is 0 Å². The first-order chi connectivity index (χ1) is 13.9. The van der Waals surface area contributed by atoms with Crippen LogP contribution in [0.1, 0.15) is 26.3 Å². The number of amides is 3. The Morgan fingerprint density at radius 1 is 1.07 bits per heavy atom. The first-order valence-electron chi connectivity index (χ1n) is 9.10. The average Bonchev–Trinajstić information content (AvgIpc) is 2.67. The predicted molar refractivity (Wildman–Crippen MR) is 107 cm³/mol. The zero-order valence-electron chi connectivity index (χ0n) is 16.9. The lowest BCUT2D eigenvalue weighted by atomic mass is 10.0. The molecule has 0 fully saturated rings. The Balaban J connectivity index is 2.46. The number of ether oxygens (including phenoxy) is 1. The average molecular weight is 445 g/mol. The molecule has 0 spiro atoms. The topological polar surface area (TPSA) is 171 Å². The second-order valence-electron chi connectivity index (χ2n) is 6.89. The molecule has 12 heteroatoms. The first-order valence-corrected chi connectivity index (χ1v) is 10.6. The van der Waals surface area contributed by atoms with Gasteiger partial charge in [0.25, 0.3) is 10.1 Å². The van der Waals surface area contributed by atoms with Crippen LogP contribution in [0.15, 0.2) is 30.3 Å². The Morgan fingerprint density at radius 2 is 1.67 bits per heavy atom. The van der Waals surface area contributed by atoms with Crippen LogP contribution < -0.4 is 16.0 Å². The summed E-state index contributed by atoms with van der Waals surface area (Å²) in [7, 11) is -4.79. The minimum Gasteiger partial charge on any atom is -0.445 e. The number of nitrogens with one attached hydrogen (secondary N) is 3. The molecule has 0 bridgehead atoms. The van der Waals surface area contributed by atoms with E-state index >= 15 is 0 Å². The third kappa shape index (κ3) is 8.76. The molecular weight excluding hydrogens is 418 g/mol. The Morgan fingerprint density at radius 3 is 2.20 bits per heavy atom. The maximum atomic E-state index is 12.2. The summed E-state index contributed by atoms with van der Waals surface area (Å²) in [5.41, 5.74) is -1.44. The van der Waals surface area contributed by atoms with Crippen molar-refractivity contribution >= 4 is 28.0 Å². The van der Waals surface area contributed by atoms with Crippen LogP contribution in [0.5, 0.6) is 0 Å². The lowest BCUT2D eigenvalue weighted by molar-refractivity contribution is -0.129. The van der Waals surface area contributed by atoms with Gasteiger partial charge in [-0.1, -0.05) is 44.2 Å². The number of carbonyl (C=O) groups is 3. The van der Waals surface area contributed by atoms with Gasteiger partial charge < -0.3 is 25.8 Å². The molecule has 0 aromatic heterocycles. The van der Waals surface area contributed by atoms with Crippen LogP contribution in [-0.2, 0) is 31.1 Å². The van der Waals surface area contributed by atoms with Gasteiger partial charge >= 0.3 is 6.09 Å². The molecule has 2 unspecified atom stereocenters. The number of hydrogen-bond acceptors (Lipinski definition) is 7. The van der Waals surface area contributed by atoms with Crippen LogP contribution in [0, 0.1) is 5.92 Å². The van der Waals surface area contributed by atoms with E-state index < -0.39 is 58.0 Å². The maximum absolute atomic E-state index is 12.2. The van der Waals surface area contributed by atoms with E-state index in [1.54, 1.807) is 24.3 Å². The van der Waals surface area contributed by atoms with E-state index in [1.165, 1.54) is 20.8 Å². The SMILES string of the molecule is CC(C)C(NC(=O)[C@H](C)NC(=O)CNC(=O)OCc1ccccc1)C(O)S(=O)(=O)O. The standard InChI is InChI=1S/C18H27N3O8S/c1-11(2)15(17(24)30(26,27)28)21-16(23)12(3)20-14(22)9-19-18(25)29-10-13-7-5-4-6-8-13/h4-8,11-12,15,17,24H,9-10H2,1-3H3,(H,19,25)(H,20,22)(H,21,23)(H,26,27,28)/t12-,15?,17?/m0/s1. The fourth-order valence-electron chi connectivity index (χ4n) is 2.33. The molecule has 3 amide bonds. The van der Waals surface area contributed by atoms with Gasteiger partial charge in [0.2, 0.25) is 17.3 Å². The van der Waals surface area contributed by atoms with Crippen LogP contribution >= 0.6 is 0 Å². The van der Waals surface area contributed by atoms with E-state index in [-0.39, 0.29) is 6.61 Å². The molecule has 1 aromatic carbocycles. The van der Waals surface area contributed by atoms with Gasteiger partial charge in [-0.25, -0.2) is 4.79 Å². The third-order valence-corrected chi connectivity index (χ3v) is 4.92. The van der Waals surface area contributed by atoms with Crippen molar-refractivity contribution in [1.29, 1.82) is 0 Å². The summed E-state index contributed by atoms with van der Waals surface area (Å²) in [5.74, 6) is -2.00. The summed E-state index contributed by atoms with van der Waals surface area (Å²) in [5, 5.41) is 16.5. The third-order valence-electron chi connectivity index (χ3n) is 4.02. The van der Waals surface area contributed by atoms with Crippen molar-refractivity contribution in [3.8, 4) is 0 Å². The monoisotopic (exact) mass is 445 g/mol. The normalized spacial score (nSPS) is 14.3. The van der Waals surface area contributed by atoms with E-state index in [1.807, 2.05) is 6.07 Å². The van der Waals surface area contributed by atoms with E-state index in [0.29, 0.717) is 0 Å². The van der Waals surface area contributed by atoms with Gasteiger partial charge in [-0.2, -0.15) is 8.42 Å². The van der Waals surface area contributed by atoms with Gasteiger partial charge in [-0.05, 0) is 18.4 Å². The van der Waals surface area contributed by atoms with Gasteiger partial charge in [0.15, 0.2) is 0 Å². The molecule has 3 atom stereocenters. The summed E-state index contributed by atoms with van der Waals surface area (Å²) in [6.45, 7) is 3.98. The van der Waals surface area contributed by atoms with Crippen molar-refractivity contribution in [1.82, 2.24) is 16.0 Å². The van der Waals surface area contributed by atoms with Crippen LogP contribution in [0.2, 0.25) is 0 Å². The molecule has 0 aliphatic heterocycles. The Bertz CT molecular complexity index is 829. The molecule has 168 valence electrons. The summed E-state index contributed by atoms with van der Waals surface area (Å²) >= 11 is 0. The predicted octanol–water partition coefficient (Wildman–Crippen LogP) is -0.235. The highest BCUT2D eigenvalue weighted by molar-refractivity contribution is 7.86. The Hall–Kier alpha value is -2.70. The summed E-state index contributed by atoms with van der Waals surface area (Å²) in [6.07, 6.45) is -0.817. The minimum absolute atomic E-state index is 0.0276. The lowest BCUT2D eigenvalue weighted by Gasteiger charge is -2.27. The number of carbonyl (C=O) groups excluding carboxylic acids is 3. The molecule has 11 nitrogen and oxygen atoms in total. The largest absolute Gasteiger partial charge is 0.445 e.